The summed E-state index contributed by atoms with van der Waals surface area (Å²) >= 11 is 0. The van der Waals surface area contributed by atoms with Crippen molar-refractivity contribution in [3.63, 3.8) is 0 Å². The van der Waals surface area contributed by atoms with Gasteiger partial charge in [-0.1, -0.05) is 11.3 Å². The molecule has 1 unspecified atom stereocenters. The van der Waals surface area contributed by atoms with Crippen molar-refractivity contribution >= 4 is 23.7 Å². The summed E-state index contributed by atoms with van der Waals surface area (Å²) in [6.45, 7) is 0.256. The van der Waals surface area contributed by atoms with Crippen LogP contribution in [0.2, 0.25) is 0 Å². The highest BCUT2D eigenvalue weighted by atomic mass is 16.2. The van der Waals surface area contributed by atoms with Gasteiger partial charge in [-0.25, -0.2) is 14.6 Å². The van der Waals surface area contributed by atoms with Crippen LogP contribution < -0.4 is 10.2 Å². The Hall–Kier alpha value is -4.15. The lowest BCUT2D eigenvalue weighted by Crippen LogP contribution is -2.52. The van der Waals surface area contributed by atoms with Crippen LogP contribution >= 0.6 is 0 Å². The number of nitrogens with one attached hydrogen (secondary N) is 1. The Morgan fingerprint density at radius 3 is 2.62 bits per heavy atom. The number of aromatic nitrogens is 5. The second-order valence-electron chi connectivity index (χ2n) is 7.92. The van der Waals surface area contributed by atoms with Crippen molar-refractivity contribution in [2.45, 2.75) is 25.4 Å². The topological polar surface area (TPSA) is 126 Å². The van der Waals surface area contributed by atoms with E-state index in [0.717, 1.165) is 11.1 Å². The smallest absolute Gasteiger partial charge is 0.255 e. The Kier molecular flexibility index (Phi) is 4.65. The fraction of sp³-hybridized carbons (Fsp3) is 0.286. The molecule has 0 spiro atoms. The number of hydrogen-bond acceptors (Lipinski definition) is 8. The molecule has 1 aromatic carbocycles. The van der Waals surface area contributed by atoms with Crippen LogP contribution in [0.1, 0.15) is 28.8 Å². The van der Waals surface area contributed by atoms with E-state index in [-0.39, 0.29) is 24.8 Å². The van der Waals surface area contributed by atoms with E-state index in [1.165, 1.54) is 4.90 Å². The Morgan fingerprint density at radius 1 is 1.12 bits per heavy atom. The number of carbonyl (C=O) groups excluding carboxylic acids is 3. The van der Waals surface area contributed by atoms with Gasteiger partial charge < -0.3 is 9.80 Å². The van der Waals surface area contributed by atoms with Crippen molar-refractivity contribution < 1.29 is 14.4 Å². The molecule has 1 fully saturated rings. The number of piperidine rings is 1. The van der Waals surface area contributed by atoms with Gasteiger partial charge in [-0.05, 0) is 18.6 Å². The maximum atomic E-state index is 13.0. The first-order chi connectivity index (χ1) is 15.4. The number of hydrogen-bond donors (Lipinski definition) is 1. The molecule has 11 heteroatoms. The summed E-state index contributed by atoms with van der Waals surface area (Å²) in [5.74, 6) is -0.388. The van der Waals surface area contributed by atoms with Crippen LogP contribution in [0.15, 0.2) is 36.8 Å². The SMILES string of the molecule is CN(C)c1ncc(-c2cn(-c3cccc4c3CN(C3CCC(=O)NC3=O)C4=O)nn2)cn1. The zero-order valence-corrected chi connectivity index (χ0v) is 17.5. The third-order valence-corrected chi connectivity index (χ3v) is 5.63. The van der Waals surface area contributed by atoms with E-state index in [0.29, 0.717) is 29.3 Å². The van der Waals surface area contributed by atoms with Crippen LogP contribution in [-0.4, -0.2) is 67.7 Å². The molecule has 3 aromatic rings. The second-order valence-corrected chi connectivity index (χ2v) is 7.92. The normalized spacial score (nSPS) is 18.0. The molecular formula is C21H20N8O3. The maximum absolute atomic E-state index is 13.0. The molecule has 1 N–H and O–H groups in total. The Morgan fingerprint density at radius 2 is 1.91 bits per heavy atom. The molecule has 2 aliphatic rings. The van der Waals surface area contributed by atoms with Gasteiger partial charge in [0.05, 0.1) is 11.9 Å². The number of anilines is 1. The van der Waals surface area contributed by atoms with Gasteiger partial charge in [-0.2, -0.15) is 0 Å². The predicted octanol–water partition coefficient (Wildman–Crippen LogP) is 0.551. The lowest BCUT2D eigenvalue weighted by Gasteiger charge is -2.29. The summed E-state index contributed by atoms with van der Waals surface area (Å²) in [6, 6.07) is 4.69. The van der Waals surface area contributed by atoms with E-state index in [4.69, 9.17) is 0 Å². The van der Waals surface area contributed by atoms with Crippen LogP contribution in [0.5, 0.6) is 0 Å². The third-order valence-electron chi connectivity index (χ3n) is 5.63. The number of nitrogens with zero attached hydrogens (tertiary/aromatic N) is 7. The quantitative estimate of drug-likeness (QED) is 0.593. The standard InChI is InChI=1S/C21H20N8O3/c1-27(2)21-22-8-12(9-23-21)15-11-29(26-25-15)16-5-3-4-13-14(16)10-28(20(13)32)17-6-7-18(30)24-19(17)31/h3-5,8-9,11,17H,6-7,10H2,1-2H3,(H,24,30,31). The molecule has 0 radical (unpaired) electrons. The van der Waals surface area contributed by atoms with Crippen LogP contribution in [0, 0.1) is 0 Å². The van der Waals surface area contributed by atoms with Crippen molar-refractivity contribution in [2.24, 2.45) is 0 Å². The first-order valence-electron chi connectivity index (χ1n) is 10.1. The number of rotatable bonds is 4. The average Bonchev–Trinajstić information content (AvgIpc) is 3.39. The lowest BCUT2D eigenvalue weighted by molar-refractivity contribution is -0.136. The van der Waals surface area contributed by atoms with Gasteiger partial charge in [0.15, 0.2) is 0 Å². The van der Waals surface area contributed by atoms with E-state index in [9.17, 15) is 14.4 Å². The molecule has 0 saturated carbocycles. The average molecular weight is 432 g/mol. The van der Waals surface area contributed by atoms with Crippen molar-refractivity contribution in [2.75, 3.05) is 19.0 Å². The summed E-state index contributed by atoms with van der Waals surface area (Å²) in [7, 11) is 3.72. The predicted molar refractivity (Wildman–Crippen MR) is 113 cm³/mol. The largest absolute Gasteiger partial charge is 0.347 e. The lowest BCUT2D eigenvalue weighted by atomic mass is 10.0. The van der Waals surface area contributed by atoms with Gasteiger partial charge in [-0.3, -0.25) is 19.7 Å². The molecule has 5 rings (SSSR count). The van der Waals surface area contributed by atoms with Crippen LogP contribution in [0.25, 0.3) is 16.9 Å². The van der Waals surface area contributed by atoms with Crippen LogP contribution in [0.4, 0.5) is 5.95 Å². The fourth-order valence-corrected chi connectivity index (χ4v) is 3.98. The molecule has 0 bridgehead atoms. The molecule has 4 heterocycles. The number of benzene rings is 1. The summed E-state index contributed by atoms with van der Waals surface area (Å²) in [5, 5.41) is 10.8. The van der Waals surface area contributed by atoms with E-state index in [1.807, 2.05) is 20.2 Å². The molecule has 2 aliphatic heterocycles. The van der Waals surface area contributed by atoms with E-state index in [1.54, 1.807) is 40.3 Å². The second kappa shape index (κ2) is 7.52. The molecule has 3 amide bonds. The van der Waals surface area contributed by atoms with Gasteiger partial charge in [0.25, 0.3) is 5.91 Å². The minimum atomic E-state index is -0.667. The van der Waals surface area contributed by atoms with Gasteiger partial charge in [0, 0.05) is 56.1 Å². The molecule has 2 aromatic heterocycles. The van der Waals surface area contributed by atoms with Gasteiger partial charge in [0.1, 0.15) is 11.7 Å². The Bertz CT molecular complexity index is 1230. The molecule has 11 nitrogen and oxygen atoms in total. The molecule has 0 aliphatic carbocycles. The number of carbonyl (C=O) groups is 3. The van der Waals surface area contributed by atoms with Gasteiger partial charge in [-0.15, -0.1) is 5.10 Å². The molecule has 1 saturated heterocycles. The van der Waals surface area contributed by atoms with E-state index in [2.05, 4.69) is 25.6 Å². The molecule has 32 heavy (non-hydrogen) atoms. The molecule has 162 valence electrons. The Balaban J connectivity index is 1.44. The Labute approximate surface area is 183 Å². The minimum absolute atomic E-state index is 0.213. The van der Waals surface area contributed by atoms with Crippen LogP contribution in [-0.2, 0) is 16.1 Å². The van der Waals surface area contributed by atoms with Gasteiger partial charge >= 0.3 is 0 Å². The van der Waals surface area contributed by atoms with Crippen molar-refractivity contribution in [3.05, 3.63) is 47.9 Å². The molecular weight excluding hydrogens is 412 g/mol. The van der Waals surface area contributed by atoms with Gasteiger partial charge in [0.2, 0.25) is 17.8 Å². The maximum Gasteiger partial charge on any atom is 0.255 e. The summed E-state index contributed by atoms with van der Waals surface area (Å²) in [4.78, 5) is 48.7. The fourth-order valence-electron chi connectivity index (χ4n) is 3.98. The number of imide groups is 1. The summed E-state index contributed by atoms with van der Waals surface area (Å²) in [5.41, 5.74) is 3.30. The zero-order valence-electron chi connectivity index (χ0n) is 17.5. The third kappa shape index (κ3) is 3.27. The highest BCUT2D eigenvalue weighted by molar-refractivity contribution is 6.05. The monoisotopic (exact) mass is 432 g/mol. The highest BCUT2D eigenvalue weighted by Crippen LogP contribution is 2.31. The summed E-state index contributed by atoms with van der Waals surface area (Å²) < 4.78 is 1.61. The number of amides is 3. The van der Waals surface area contributed by atoms with Crippen LogP contribution in [0.3, 0.4) is 0 Å². The van der Waals surface area contributed by atoms with Crippen molar-refractivity contribution in [1.29, 1.82) is 0 Å². The van der Waals surface area contributed by atoms with E-state index < -0.39 is 11.9 Å². The minimum Gasteiger partial charge on any atom is -0.347 e. The van der Waals surface area contributed by atoms with Crippen molar-refractivity contribution in [3.8, 4) is 16.9 Å². The summed E-state index contributed by atoms with van der Waals surface area (Å²) in [6.07, 6.45) is 5.64. The van der Waals surface area contributed by atoms with Crippen molar-refractivity contribution in [1.82, 2.24) is 35.2 Å². The van der Waals surface area contributed by atoms with E-state index >= 15 is 0 Å². The molecule has 1 atom stereocenters. The first kappa shape index (κ1) is 19.8. The highest BCUT2D eigenvalue weighted by Gasteiger charge is 2.40. The number of fused-ring (bicyclic) bond motifs is 1. The zero-order chi connectivity index (χ0) is 22.4. The first-order valence-corrected chi connectivity index (χ1v) is 10.1.